The fourth-order valence-corrected chi connectivity index (χ4v) is 3.33. The summed E-state index contributed by atoms with van der Waals surface area (Å²) < 4.78 is 0. The highest BCUT2D eigenvalue weighted by molar-refractivity contribution is 6.03. The molecule has 106 valence electrons. The minimum Gasteiger partial charge on any atom is -0.310 e. The molecule has 2 heterocycles. The average molecular weight is 272 g/mol. The van der Waals surface area contributed by atoms with Gasteiger partial charge in [-0.15, -0.1) is 6.58 Å². The molecule has 0 radical (unpaired) electrons. The smallest absolute Gasteiger partial charge is 0.258 e. The number of fused-ring (bicyclic) bond motifs is 1. The van der Waals surface area contributed by atoms with Gasteiger partial charge in [-0.1, -0.05) is 24.6 Å². The Labute approximate surface area is 119 Å². The highest BCUT2D eigenvalue weighted by Crippen LogP contribution is 2.43. The number of carbonyl (C=O) groups is 1. The van der Waals surface area contributed by atoms with Crippen molar-refractivity contribution in [2.24, 2.45) is 0 Å². The predicted molar refractivity (Wildman–Crippen MR) is 77.9 cm³/mol. The summed E-state index contributed by atoms with van der Waals surface area (Å²) in [6.07, 6.45) is 5.79. The van der Waals surface area contributed by atoms with Crippen molar-refractivity contribution in [2.75, 3.05) is 11.6 Å². The lowest BCUT2D eigenvalue weighted by Crippen LogP contribution is -2.28. The molecule has 2 unspecified atom stereocenters. The number of anilines is 1. The SMILES string of the molecule is C=CCC1C(=O)N(O)c2cccc(C3CCCCN3)c21. The van der Waals surface area contributed by atoms with E-state index in [-0.39, 0.29) is 17.9 Å². The van der Waals surface area contributed by atoms with Gasteiger partial charge in [0.1, 0.15) is 0 Å². The summed E-state index contributed by atoms with van der Waals surface area (Å²) >= 11 is 0. The van der Waals surface area contributed by atoms with Crippen molar-refractivity contribution < 1.29 is 10.0 Å². The monoisotopic (exact) mass is 272 g/mol. The normalized spacial score (nSPS) is 25.6. The Bertz CT molecular complexity index is 535. The number of piperidine rings is 1. The van der Waals surface area contributed by atoms with E-state index in [2.05, 4.69) is 18.0 Å². The maximum atomic E-state index is 12.2. The molecule has 0 saturated carbocycles. The van der Waals surface area contributed by atoms with Crippen LogP contribution in [0.3, 0.4) is 0 Å². The summed E-state index contributed by atoms with van der Waals surface area (Å²) in [5.41, 5.74) is 2.75. The van der Waals surface area contributed by atoms with Gasteiger partial charge in [-0.05, 0) is 43.0 Å². The van der Waals surface area contributed by atoms with Crippen molar-refractivity contribution in [1.82, 2.24) is 5.32 Å². The molecule has 1 fully saturated rings. The molecule has 1 aromatic carbocycles. The zero-order valence-corrected chi connectivity index (χ0v) is 11.5. The molecule has 4 heteroatoms. The van der Waals surface area contributed by atoms with Crippen molar-refractivity contribution in [3.63, 3.8) is 0 Å². The third-order valence-corrected chi connectivity index (χ3v) is 4.29. The third-order valence-electron chi connectivity index (χ3n) is 4.29. The Hall–Kier alpha value is -1.65. The summed E-state index contributed by atoms with van der Waals surface area (Å²) in [5.74, 6) is -0.546. The number of nitrogens with one attached hydrogen (secondary N) is 1. The molecule has 1 aromatic rings. The molecule has 0 bridgehead atoms. The molecular formula is C16H20N2O2. The topological polar surface area (TPSA) is 52.6 Å². The lowest BCUT2D eigenvalue weighted by Gasteiger charge is -2.26. The van der Waals surface area contributed by atoms with Crippen LogP contribution < -0.4 is 10.4 Å². The second-order valence-corrected chi connectivity index (χ2v) is 5.51. The predicted octanol–water partition coefficient (Wildman–Crippen LogP) is 2.90. The van der Waals surface area contributed by atoms with Crippen LogP contribution in [0.1, 0.15) is 48.8 Å². The van der Waals surface area contributed by atoms with Crippen LogP contribution in [0.4, 0.5) is 5.69 Å². The summed E-state index contributed by atoms with van der Waals surface area (Å²) in [4.78, 5) is 12.2. The van der Waals surface area contributed by atoms with Crippen LogP contribution in [-0.2, 0) is 4.79 Å². The number of allylic oxidation sites excluding steroid dienone is 1. The van der Waals surface area contributed by atoms with Gasteiger partial charge in [0.05, 0.1) is 11.6 Å². The van der Waals surface area contributed by atoms with E-state index in [1.54, 1.807) is 6.08 Å². The standard InChI is InChI=1S/C16H20N2O2/c1-2-6-12-15-11(13-8-3-4-10-17-13)7-5-9-14(15)18(20)16(12)19/h2,5,7,9,12-13,17,20H,1,3-4,6,8,10H2. The van der Waals surface area contributed by atoms with Gasteiger partial charge in [-0.3, -0.25) is 10.0 Å². The highest BCUT2D eigenvalue weighted by Gasteiger charge is 2.39. The molecule has 3 rings (SSSR count). The van der Waals surface area contributed by atoms with Gasteiger partial charge in [0.2, 0.25) is 0 Å². The zero-order chi connectivity index (χ0) is 14.1. The largest absolute Gasteiger partial charge is 0.310 e. The van der Waals surface area contributed by atoms with Crippen LogP contribution in [-0.4, -0.2) is 17.7 Å². The number of carbonyl (C=O) groups excluding carboxylic acids is 1. The fraction of sp³-hybridized carbons (Fsp3) is 0.438. The molecule has 1 amide bonds. The highest BCUT2D eigenvalue weighted by atomic mass is 16.5. The van der Waals surface area contributed by atoms with Crippen LogP contribution in [0.5, 0.6) is 0 Å². The van der Waals surface area contributed by atoms with Gasteiger partial charge in [0.15, 0.2) is 0 Å². The second kappa shape index (κ2) is 5.38. The van der Waals surface area contributed by atoms with Gasteiger partial charge in [0.25, 0.3) is 5.91 Å². The Kier molecular flexibility index (Phi) is 3.59. The van der Waals surface area contributed by atoms with E-state index >= 15 is 0 Å². The number of hydrogen-bond acceptors (Lipinski definition) is 3. The van der Waals surface area contributed by atoms with E-state index in [1.807, 2.05) is 12.1 Å². The number of rotatable bonds is 3. The maximum Gasteiger partial charge on any atom is 0.258 e. The van der Waals surface area contributed by atoms with E-state index < -0.39 is 0 Å². The van der Waals surface area contributed by atoms with Gasteiger partial charge in [-0.2, -0.15) is 5.06 Å². The van der Waals surface area contributed by atoms with Crippen LogP contribution in [0.25, 0.3) is 0 Å². The molecule has 2 N–H and O–H groups in total. The number of nitrogens with zero attached hydrogens (tertiary/aromatic N) is 1. The Balaban J connectivity index is 2.05. The van der Waals surface area contributed by atoms with Crippen molar-refractivity contribution in [3.05, 3.63) is 42.0 Å². The average Bonchev–Trinajstić information content (AvgIpc) is 2.74. The third kappa shape index (κ3) is 2.05. The van der Waals surface area contributed by atoms with Crippen molar-refractivity contribution in [3.8, 4) is 0 Å². The number of benzene rings is 1. The lowest BCUT2D eigenvalue weighted by atomic mass is 9.87. The summed E-state index contributed by atoms with van der Waals surface area (Å²) in [5, 5.41) is 14.3. The van der Waals surface area contributed by atoms with E-state index in [0.717, 1.165) is 29.2 Å². The van der Waals surface area contributed by atoms with Gasteiger partial charge in [0, 0.05) is 6.04 Å². The van der Waals surface area contributed by atoms with Crippen LogP contribution in [0.15, 0.2) is 30.9 Å². The zero-order valence-electron chi connectivity index (χ0n) is 11.5. The first-order valence-electron chi connectivity index (χ1n) is 7.24. The van der Waals surface area contributed by atoms with Gasteiger partial charge < -0.3 is 5.32 Å². The van der Waals surface area contributed by atoms with E-state index in [9.17, 15) is 10.0 Å². The Morgan fingerprint density at radius 3 is 3.00 bits per heavy atom. The number of hydroxylamine groups is 1. The van der Waals surface area contributed by atoms with E-state index in [0.29, 0.717) is 12.1 Å². The van der Waals surface area contributed by atoms with Crippen molar-refractivity contribution in [1.29, 1.82) is 0 Å². The quantitative estimate of drug-likeness (QED) is 0.657. The first-order chi connectivity index (χ1) is 9.74. The van der Waals surface area contributed by atoms with Gasteiger partial charge in [-0.25, -0.2) is 0 Å². The minimum atomic E-state index is -0.299. The summed E-state index contributed by atoms with van der Waals surface area (Å²) in [7, 11) is 0. The molecular weight excluding hydrogens is 252 g/mol. The summed E-state index contributed by atoms with van der Waals surface area (Å²) in [6.45, 7) is 4.74. The van der Waals surface area contributed by atoms with Crippen LogP contribution in [0, 0.1) is 0 Å². The van der Waals surface area contributed by atoms with Crippen LogP contribution in [0.2, 0.25) is 0 Å². The second-order valence-electron chi connectivity index (χ2n) is 5.51. The van der Waals surface area contributed by atoms with Crippen molar-refractivity contribution in [2.45, 2.75) is 37.6 Å². The Morgan fingerprint density at radius 2 is 2.30 bits per heavy atom. The molecule has 0 aliphatic carbocycles. The first-order valence-corrected chi connectivity index (χ1v) is 7.24. The molecule has 2 aliphatic heterocycles. The number of hydrogen-bond donors (Lipinski definition) is 2. The first kappa shape index (κ1) is 13.3. The maximum absolute atomic E-state index is 12.2. The molecule has 2 aliphatic rings. The summed E-state index contributed by atoms with van der Waals surface area (Å²) in [6, 6.07) is 6.08. The number of amides is 1. The Morgan fingerprint density at radius 1 is 1.45 bits per heavy atom. The van der Waals surface area contributed by atoms with Crippen LogP contribution >= 0.6 is 0 Å². The molecule has 0 aromatic heterocycles. The molecule has 2 atom stereocenters. The van der Waals surface area contributed by atoms with Crippen molar-refractivity contribution >= 4 is 11.6 Å². The van der Waals surface area contributed by atoms with Gasteiger partial charge >= 0.3 is 0 Å². The molecule has 4 nitrogen and oxygen atoms in total. The van der Waals surface area contributed by atoms with E-state index in [1.165, 1.54) is 12.8 Å². The molecule has 20 heavy (non-hydrogen) atoms. The lowest BCUT2D eigenvalue weighted by molar-refractivity contribution is -0.124. The molecule has 0 spiro atoms. The van der Waals surface area contributed by atoms with E-state index in [4.69, 9.17) is 0 Å². The minimum absolute atomic E-state index is 0.247. The molecule has 1 saturated heterocycles. The fourth-order valence-electron chi connectivity index (χ4n) is 3.33.